The average molecular weight is 738 g/mol. The van der Waals surface area contributed by atoms with Crippen LogP contribution in [0.5, 0.6) is 0 Å². The summed E-state index contributed by atoms with van der Waals surface area (Å²) in [6, 6.07) is 36.8. The van der Waals surface area contributed by atoms with Crippen LogP contribution in [0.15, 0.2) is 168 Å². The van der Waals surface area contributed by atoms with Gasteiger partial charge in [-0.3, -0.25) is 20.0 Å². The number of nitrogens with zero attached hydrogens (tertiary/aromatic N) is 5. The van der Waals surface area contributed by atoms with E-state index < -0.39 is 0 Å². The average Bonchev–Trinajstić information content (AvgIpc) is 3.27. The van der Waals surface area contributed by atoms with Gasteiger partial charge in [-0.15, -0.1) is 0 Å². The molecule has 5 heteroatoms. The van der Waals surface area contributed by atoms with Gasteiger partial charge in [-0.2, -0.15) is 0 Å². The van der Waals surface area contributed by atoms with E-state index in [2.05, 4.69) is 145 Å². The largest absolute Gasteiger partial charge is 0.280 e. The molecule has 0 saturated carbocycles. The highest BCUT2D eigenvalue weighted by Crippen LogP contribution is 2.41. The second kappa shape index (κ2) is 15.7. The van der Waals surface area contributed by atoms with Crippen LogP contribution in [0.3, 0.4) is 0 Å². The monoisotopic (exact) mass is 737 g/mol. The Hall–Kier alpha value is -6.85. The fourth-order valence-electron chi connectivity index (χ4n) is 8.26. The molecular weight excluding hydrogens is 695 g/mol. The van der Waals surface area contributed by atoms with Crippen molar-refractivity contribution in [3.05, 3.63) is 192 Å². The zero-order chi connectivity index (χ0) is 38.7. The molecule has 9 rings (SSSR count). The van der Waals surface area contributed by atoms with E-state index in [0.29, 0.717) is 18.4 Å². The van der Waals surface area contributed by atoms with Gasteiger partial charge in [0, 0.05) is 41.3 Å². The smallest absolute Gasteiger partial charge is 0.0722 e. The SMILES string of the molecule is C=N/C(=C\C(=N/Cc1ccc(-c2ccc(-c3cc(C4=CCC(C)C=C4)nc4ccc5ccccc5c34)cc2)c2c1C(C)CC=C2)c1ccncc1)c1ccncc1. The number of rotatable bonds is 9. The minimum absolute atomic E-state index is 0.359. The van der Waals surface area contributed by atoms with E-state index in [1.807, 2.05) is 30.3 Å². The molecule has 276 valence electrons. The van der Waals surface area contributed by atoms with Crippen LogP contribution in [0.4, 0.5) is 0 Å². The molecule has 3 aromatic heterocycles. The molecule has 0 amide bonds. The van der Waals surface area contributed by atoms with Crippen LogP contribution in [-0.2, 0) is 6.54 Å². The summed E-state index contributed by atoms with van der Waals surface area (Å²) in [4.78, 5) is 23.2. The Balaban J connectivity index is 1.10. The summed E-state index contributed by atoms with van der Waals surface area (Å²) >= 11 is 0. The first kappa shape index (κ1) is 35.8. The lowest BCUT2D eigenvalue weighted by atomic mass is 9.81. The zero-order valence-corrected chi connectivity index (χ0v) is 32.3. The van der Waals surface area contributed by atoms with Crippen molar-refractivity contribution in [3.8, 4) is 22.3 Å². The number of hydrogen-bond acceptors (Lipinski definition) is 5. The van der Waals surface area contributed by atoms with Crippen LogP contribution in [-0.4, -0.2) is 27.4 Å². The molecule has 0 N–H and O–H groups in total. The van der Waals surface area contributed by atoms with E-state index in [9.17, 15) is 0 Å². The first-order chi connectivity index (χ1) is 28.0. The predicted molar refractivity (Wildman–Crippen MR) is 239 cm³/mol. The molecule has 7 aromatic rings. The lowest BCUT2D eigenvalue weighted by molar-refractivity contribution is 0.739. The predicted octanol–water partition coefficient (Wildman–Crippen LogP) is 12.7. The lowest BCUT2D eigenvalue weighted by Gasteiger charge is -2.24. The van der Waals surface area contributed by atoms with Crippen LogP contribution >= 0.6 is 0 Å². The van der Waals surface area contributed by atoms with Crippen molar-refractivity contribution in [2.24, 2.45) is 15.9 Å². The van der Waals surface area contributed by atoms with Gasteiger partial charge in [0.05, 0.1) is 29.2 Å². The molecule has 2 aliphatic rings. The Labute approximate surface area is 334 Å². The number of benzene rings is 4. The van der Waals surface area contributed by atoms with Crippen LogP contribution < -0.4 is 0 Å². The fourth-order valence-corrected chi connectivity index (χ4v) is 8.26. The molecule has 5 nitrogen and oxygen atoms in total. The third-order valence-electron chi connectivity index (χ3n) is 11.3. The van der Waals surface area contributed by atoms with Crippen molar-refractivity contribution in [2.45, 2.75) is 39.2 Å². The number of aromatic nitrogens is 3. The minimum atomic E-state index is 0.359. The van der Waals surface area contributed by atoms with Gasteiger partial charge in [0.1, 0.15) is 0 Å². The maximum atomic E-state index is 5.23. The topological polar surface area (TPSA) is 63.4 Å². The highest BCUT2D eigenvalue weighted by atomic mass is 14.8. The van der Waals surface area contributed by atoms with E-state index in [0.717, 1.165) is 46.6 Å². The molecule has 57 heavy (non-hydrogen) atoms. The Morgan fingerprint density at radius 1 is 0.772 bits per heavy atom. The number of allylic oxidation sites excluding steroid dienone is 6. The first-order valence-corrected chi connectivity index (χ1v) is 19.7. The summed E-state index contributed by atoms with van der Waals surface area (Å²) in [5.41, 5.74) is 15.4. The normalized spacial score (nSPS) is 16.8. The van der Waals surface area contributed by atoms with Crippen LogP contribution in [0, 0.1) is 5.92 Å². The number of pyridine rings is 3. The molecule has 2 aliphatic carbocycles. The third-order valence-corrected chi connectivity index (χ3v) is 11.3. The van der Waals surface area contributed by atoms with Gasteiger partial charge >= 0.3 is 0 Å². The van der Waals surface area contributed by atoms with Gasteiger partial charge in [0.2, 0.25) is 0 Å². The molecule has 0 spiro atoms. The lowest BCUT2D eigenvalue weighted by Crippen LogP contribution is -2.07. The molecule has 0 radical (unpaired) electrons. The molecule has 4 aromatic carbocycles. The molecule has 0 saturated heterocycles. The maximum absolute atomic E-state index is 5.23. The van der Waals surface area contributed by atoms with Gasteiger partial charge in [0.25, 0.3) is 0 Å². The highest BCUT2D eigenvalue weighted by Gasteiger charge is 2.21. The van der Waals surface area contributed by atoms with E-state index in [-0.39, 0.29) is 0 Å². The maximum Gasteiger partial charge on any atom is 0.0722 e. The minimum Gasteiger partial charge on any atom is -0.280 e. The Kier molecular flexibility index (Phi) is 9.88. The summed E-state index contributed by atoms with van der Waals surface area (Å²) in [5, 5.41) is 3.63. The number of hydrogen-bond donors (Lipinski definition) is 0. The van der Waals surface area contributed by atoms with Gasteiger partial charge < -0.3 is 0 Å². The second-order valence-corrected chi connectivity index (χ2v) is 15.0. The molecule has 0 fully saturated rings. The van der Waals surface area contributed by atoms with Crippen molar-refractivity contribution in [1.29, 1.82) is 0 Å². The standard InChI is InChI=1S/C52H43N5/c1-34-11-13-39(14-12-34)50-31-46(52-44-9-5-4-8-36(44)20-22-47(52)57-50)38-17-15-37(16-18-38)43-21-19-42(51-35(2)7-6-10-45(43)51)33-56-49(41-25-29-55-30-26-41)32-48(53-3)40-23-27-54-28-24-40/h4-6,8-11,13-32,34-35H,3,7,12,33H2,1-2H3/b48-32-,56-49+. The summed E-state index contributed by atoms with van der Waals surface area (Å²) in [6.45, 7) is 8.97. The van der Waals surface area contributed by atoms with Crippen LogP contribution in [0.25, 0.3) is 61.3 Å². The summed E-state index contributed by atoms with van der Waals surface area (Å²) in [7, 11) is 0. The second-order valence-electron chi connectivity index (χ2n) is 15.0. The molecular formula is C52H43N5. The van der Waals surface area contributed by atoms with E-state index >= 15 is 0 Å². The third kappa shape index (κ3) is 7.20. The van der Waals surface area contributed by atoms with Crippen molar-refractivity contribution in [1.82, 2.24) is 15.0 Å². The van der Waals surface area contributed by atoms with Crippen LogP contribution in [0.2, 0.25) is 0 Å². The van der Waals surface area contributed by atoms with Gasteiger partial charge in [-0.1, -0.05) is 111 Å². The van der Waals surface area contributed by atoms with Crippen molar-refractivity contribution >= 4 is 51.5 Å². The summed E-state index contributed by atoms with van der Waals surface area (Å²) in [5.74, 6) is 0.904. The number of aliphatic imine (C=N–C) groups is 2. The molecule has 2 atom stereocenters. The van der Waals surface area contributed by atoms with Crippen LogP contribution in [0.1, 0.15) is 66.1 Å². The first-order valence-electron chi connectivity index (χ1n) is 19.7. The van der Waals surface area contributed by atoms with Crippen molar-refractivity contribution in [2.75, 3.05) is 0 Å². The molecule has 0 aliphatic heterocycles. The summed E-state index contributed by atoms with van der Waals surface area (Å²) < 4.78 is 0. The van der Waals surface area contributed by atoms with E-state index in [1.165, 1.54) is 60.7 Å². The fraction of sp³-hybridized carbons (Fsp3) is 0.135. The van der Waals surface area contributed by atoms with E-state index in [1.54, 1.807) is 24.8 Å². The molecule has 0 bridgehead atoms. The van der Waals surface area contributed by atoms with Crippen molar-refractivity contribution < 1.29 is 0 Å². The Bertz CT molecular complexity index is 2790. The molecule has 2 unspecified atom stereocenters. The number of fused-ring (bicyclic) bond motifs is 4. The zero-order valence-electron chi connectivity index (χ0n) is 32.3. The quantitative estimate of drug-likeness (QED) is 0.109. The van der Waals surface area contributed by atoms with Gasteiger partial charge in [-0.05, 0) is 129 Å². The Morgan fingerprint density at radius 3 is 2.25 bits per heavy atom. The van der Waals surface area contributed by atoms with Gasteiger partial charge in [0.15, 0.2) is 0 Å². The molecule has 3 heterocycles. The van der Waals surface area contributed by atoms with Gasteiger partial charge in [-0.25, -0.2) is 4.98 Å². The van der Waals surface area contributed by atoms with Crippen molar-refractivity contribution in [3.63, 3.8) is 0 Å². The highest BCUT2D eigenvalue weighted by molar-refractivity contribution is 6.14. The van der Waals surface area contributed by atoms with E-state index in [4.69, 9.17) is 9.98 Å². The Morgan fingerprint density at radius 2 is 1.51 bits per heavy atom. The summed E-state index contributed by atoms with van der Waals surface area (Å²) in [6.07, 6.45) is 22.6.